The van der Waals surface area contributed by atoms with E-state index in [1.807, 2.05) is 11.0 Å². The van der Waals surface area contributed by atoms with Crippen molar-refractivity contribution >= 4 is 39.0 Å². The lowest BCUT2D eigenvalue weighted by Crippen LogP contribution is -2.49. The summed E-state index contributed by atoms with van der Waals surface area (Å²) in [4.78, 5) is 6.79. The van der Waals surface area contributed by atoms with Crippen molar-refractivity contribution in [2.45, 2.75) is 30.6 Å². The minimum absolute atomic E-state index is 0.0183. The highest BCUT2D eigenvalue weighted by molar-refractivity contribution is 7.89. The Morgan fingerprint density at radius 3 is 2.52 bits per heavy atom. The third-order valence-electron chi connectivity index (χ3n) is 5.47. The van der Waals surface area contributed by atoms with E-state index >= 15 is 0 Å². The normalized spacial score (nSPS) is 17.6. The molecule has 152 valence electrons. The maximum atomic E-state index is 13.0. The van der Waals surface area contributed by atoms with Crippen LogP contribution in [-0.2, 0) is 22.9 Å². The van der Waals surface area contributed by atoms with Crippen LogP contribution in [0.3, 0.4) is 0 Å². The smallest absolute Gasteiger partial charge is 0.244 e. The summed E-state index contributed by atoms with van der Waals surface area (Å²) >= 11 is 12.1. The zero-order valence-corrected chi connectivity index (χ0v) is 18.1. The van der Waals surface area contributed by atoms with E-state index in [4.69, 9.17) is 28.2 Å². The Morgan fingerprint density at radius 1 is 1.07 bits per heavy atom. The summed E-state index contributed by atoms with van der Waals surface area (Å²) in [6.45, 7) is 1.49. The van der Waals surface area contributed by atoms with Gasteiger partial charge in [-0.1, -0.05) is 29.3 Å². The molecule has 6 nitrogen and oxygen atoms in total. The Balaban J connectivity index is 1.56. The second-order valence-corrected chi connectivity index (χ2v) is 9.92. The van der Waals surface area contributed by atoms with Gasteiger partial charge in [0.15, 0.2) is 0 Å². The minimum Gasteiger partial charge on any atom is -0.353 e. The number of fused-ring (bicyclic) bond motifs is 1. The molecule has 0 spiro atoms. The van der Waals surface area contributed by atoms with Gasteiger partial charge < -0.3 is 4.90 Å². The number of piperazine rings is 1. The number of pyridine rings is 1. The molecule has 0 unspecified atom stereocenters. The van der Waals surface area contributed by atoms with Gasteiger partial charge in [-0.25, -0.2) is 13.4 Å². The van der Waals surface area contributed by atoms with Gasteiger partial charge in [-0.15, -0.1) is 0 Å². The molecule has 2 heterocycles. The number of aromatic nitrogens is 1. The second kappa shape index (κ2) is 8.11. The fourth-order valence-electron chi connectivity index (χ4n) is 3.91. The van der Waals surface area contributed by atoms with E-state index in [2.05, 4.69) is 6.07 Å². The van der Waals surface area contributed by atoms with Gasteiger partial charge in [-0.3, -0.25) is 0 Å². The quantitative estimate of drug-likeness (QED) is 0.712. The first-order valence-electron chi connectivity index (χ1n) is 9.54. The summed E-state index contributed by atoms with van der Waals surface area (Å²) in [5, 5.41) is 9.84. The number of sulfonamides is 1. The second-order valence-electron chi connectivity index (χ2n) is 7.23. The van der Waals surface area contributed by atoms with Crippen LogP contribution < -0.4 is 4.90 Å². The summed E-state index contributed by atoms with van der Waals surface area (Å²) < 4.78 is 27.4. The molecule has 4 rings (SSSR count). The number of benzene rings is 1. The molecule has 2 aliphatic rings. The number of rotatable bonds is 3. The molecule has 9 heteroatoms. The number of anilines is 1. The van der Waals surface area contributed by atoms with Crippen LogP contribution in [-0.4, -0.2) is 43.9 Å². The maximum absolute atomic E-state index is 13.0. The Labute approximate surface area is 180 Å². The van der Waals surface area contributed by atoms with Crippen LogP contribution >= 0.6 is 23.2 Å². The van der Waals surface area contributed by atoms with Gasteiger partial charge in [-0.05, 0) is 49.4 Å². The topological polar surface area (TPSA) is 77.3 Å². The zero-order valence-electron chi connectivity index (χ0n) is 15.7. The van der Waals surface area contributed by atoms with Crippen molar-refractivity contribution in [3.05, 3.63) is 51.1 Å². The third kappa shape index (κ3) is 3.82. The molecule has 1 saturated heterocycles. The van der Waals surface area contributed by atoms with Crippen LogP contribution in [0.5, 0.6) is 0 Å². The lowest BCUT2D eigenvalue weighted by molar-refractivity contribution is 0.383. The van der Waals surface area contributed by atoms with E-state index < -0.39 is 10.0 Å². The highest BCUT2D eigenvalue weighted by Crippen LogP contribution is 2.32. The number of hydrogen-bond donors (Lipinski definition) is 0. The molecule has 1 aliphatic heterocycles. The molecular formula is C20H20Cl2N4O2S. The Kier molecular flexibility index (Phi) is 5.71. The summed E-state index contributed by atoms with van der Waals surface area (Å²) in [5.74, 6) is 0.658. The van der Waals surface area contributed by atoms with Crippen molar-refractivity contribution in [3.63, 3.8) is 0 Å². The Bertz CT molecular complexity index is 1090. The van der Waals surface area contributed by atoms with Crippen molar-refractivity contribution in [1.29, 1.82) is 5.26 Å². The standard InChI is InChI=1S/C20H20Cl2N4O2S/c21-16-5-3-7-18(19(16)22)29(27,28)26-10-8-25(9-11-26)20-15(13-23)12-14-4-1-2-6-17(14)24-20/h3,5,7,12H,1-2,4,6,8-11H2. The summed E-state index contributed by atoms with van der Waals surface area (Å²) in [5.41, 5.74) is 2.78. The van der Waals surface area contributed by atoms with Crippen LogP contribution in [0.25, 0.3) is 0 Å². The van der Waals surface area contributed by atoms with E-state index in [9.17, 15) is 13.7 Å². The van der Waals surface area contributed by atoms with E-state index in [-0.39, 0.29) is 28.0 Å². The lowest BCUT2D eigenvalue weighted by atomic mass is 9.95. The SMILES string of the molecule is N#Cc1cc2c(nc1N1CCN(S(=O)(=O)c3cccc(Cl)c3Cl)CC1)CCCC2. The molecule has 1 aliphatic carbocycles. The molecule has 2 aromatic rings. The first-order valence-corrected chi connectivity index (χ1v) is 11.7. The summed E-state index contributed by atoms with van der Waals surface area (Å²) in [6, 6.07) is 8.81. The molecule has 0 amide bonds. The van der Waals surface area contributed by atoms with Crippen LogP contribution in [0, 0.1) is 11.3 Å². The Morgan fingerprint density at radius 2 is 1.79 bits per heavy atom. The van der Waals surface area contributed by atoms with Gasteiger partial charge in [0, 0.05) is 31.9 Å². The highest BCUT2D eigenvalue weighted by atomic mass is 35.5. The molecular weight excluding hydrogens is 431 g/mol. The van der Waals surface area contributed by atoms with Gasteiger partial charge in [0.1, 0.15) is 16.8 Å². The van der Waals surface area contributed by atoms with Gasteiger partial charge in [-0.2, -0.15) is 9.57 Å². The molecule has 0 atom stereocenters. The van der Waals surface area contributed by atoms with E-state index in [0.29, 0.717) is 24.5 Å². The average Bonchev–Trinajstić information content (AvgIpc) is 2.74. The van der Waals surface area contributed by atoms with Crippen LogP contribution in [0.2, 0.25) is 10.0 Å². The van der Waals surface area contributed by atoms with Crippen LogP contribution in [0.4, 0.5) is 5.82 Å². The third-order valence-corrected chi connectivity index (χ3v) is 8.35. The van der Waals surface area contributed by atoms with E-state index in [1.165, 1.54) is 10.4 Å². The molecule has 1 fully saturated rings. The van der Waals surface area contributed by atoms with Crippen molar-refractivity contribution in [2.24, 2.45) is 0 Å². The predicted molar refractivity (Wildman–Crippen MR) is 113 cm³/mol. The fourth-order valence-corrected chi connectivity index (χ4v) is 6.07. The molecule has 0 saturated carbocycles. The zero-order chi connectivity index (χ0) is 20.6. The van der Waals surface area contributed by atoms with Crippen molar-refractivity contribution in [2.75, 3.05) is 31.1 Å². The molecule has 1 aromatic carbocycles. The molecule has 0 bridgehead atoms. The minimum atomic E-state index is -3.75. The first-order chi connectivity index (χ1) is 13.9. The number of hydrogen-bond acceptors (Lipinski definition) is 5. The number of nitrogens with zero attached hydrogens (tertiary/aromatic N) is 4. The van der Waals surface area contributed by atoms with Gasteiger partial charge in [0.2, 0.25) is 10.0 Å². The Hall–Kier alpha value is -1.85. The average molecular weight is 451 g/mol. The van der Waals surface area contributed by atoms with Crippen LogP contribution in [0.1, 0.15) is 29.7 Å². The monoisotopic (exact) mass is 450 g/mol. The van der Waals surface area contributed by atoms with Crippen molar-refractivity contribution < 1.29 is 8.42 Å². The van der Waals surface area contributed by atoms with Gasteiger partial charge in [0.25, 0.3) is 0 Å². The van der Waals surface area contributed by atoms with Gasteiger partial charge >= 0.3 is 0 Å². The molecule has 0 radical (unpaired) electrons. The molecule has 29 heavy (non-hydrogen) atoms. The number of aryl methyl sites for hydroxylation is 2. The molecule has 1 aromatic heterocycles. The largest absolute Gasteiger partial charge is 0.353 e. The lowest BCUT2D eigenvalue weighted by Gasteiger charge is -2.35. The van der Waals surface area contributed by atoms with E-state index in [1.54, 1.807) is 12.1 Å². The fraction of sp³-hybridized carbons (Fsp3) is 0.400. The summed E-state index contributed by atoms with van der Waals surface area (Å²) in [7, 11) is -3.75. The van der Waals surface area contributed by atoms with Gasteiger partial charge in [0.05, 0.1) is 15.6 Å². The maximum Gasteiger partial charge on any atom is 0.244 e. The first kappa shape index (κ1) is 20.4. The predicted octanol–water partition coefficient (Wildman–Crippen LogP) is 3.65. The van der Waals surface area contributed by atoms with Crippen molar-refractivity contribution in [1.82, 2.24) is 9.29 Å². The highest BCUT2D eigenvalue weighted by Gasteiger charge is 2.32. The number of halogens is 2. The van der Waals surface area contributed by atoms with Crippen LogP contribution in [0.15, 0.2) is 29.2 Å². The van der Waals surface area contributed by atoms with Crippen molar-refractivity contribution in [3.8, 4) is 6.07 Å². The molecule has 0 N–H and O–H groups in total. The van der Waals surface area contributed by atoms with E-state index in [0.717, 1.165) is 36.9 Å². The number of nitriles is 1. The summed E-state index contributed by atoms with van der Waals surface area (Å²) in [6.07, 6.45) is 4.12.